The predicted octanol–water partition coefficient (Wildman–Crippen LogP) is 8.58. The summed E-state index contributed by atoms with van der Waals surface area (Å²) in [6, 6.07) is 21.5. The number of allylic oxidation sites excluding steroid dienone is 4. The standard InChI is InChI=1S/C35H33Cl2NO4/c1-2-41-32-19-24(15-17-31(32)42-21-23-14-16-25(36)26(37)18-23)33-34-27(10-6-12-29(34)39)38(20-22-8-4-3-5-9-22)28-11-7-13-30(40)35(28)33/h3-5,8-9,14-19,33H,2,6-7,10-13,20-21H2,1H3. The van der Waals surface area contributed by atoms with E-state index in [1.807, 2.05) is 49.4 Å². The molecule has 216 valence electrons. The summed E-state index contributed by atoms with van der Waals surface area (Å²) in [5, 5.41) is 0.964. The second-order valence-corrected chi connectivity index (χ2v) is 11.8. The number of hydrogen-bond donors (Lipinski definition) is 0. The summed E-state index contributed by atoms with van der Waals surface area (Å²) in [7, 11) is 0. The number of Topliss-reactive ketones (excluding diaryl/α,β-unsaturated/α-hetero) is 2. The Morgan fingerprint density at radius 3 is 2.07 bits per heavy atom. The zero-order valence-corrected chi connectivity index (χ0v) is 25.1. The van der Waals surface area contributed by atoms with E-state index >= 15 is 0 Å². The maximum atomic E-state index is 13.7. The Balaban J connectivity index is 1.41. The van der Waals surface area contributed by atoms with Crippen molar-refractivity contribution in [2.45, 2.75) is 64.5 Å². The number of benzene rings is 3. The lowest BCUT2D eigenvalue weighted by molar-refractivity contribution is -0.117. The number of ether oxygens (including phenoxy) is 2. The molecule has 2 aliphatic carbocycles. The van der Waals surface area contributed by atoms with Crippen LogP contribution in [-0.2, 0) is 22.7 Å². The van der Waals surface area contributed by atoms with Crippen LogP contribution in [-0.4, -0.2) is 23.1 Å². The van der Waals surface area contributed by atoms with Gasteiger partial charge in [-0.3, -0.25) is 9.59 Å². The van der Waals surface area contributed by atoms with Crippen molar-refractivity contribution in [3.63, 3.8) is 0 Å². The third-order valence-corrected chi connectivity index (χ3v) is 8.99. The highest BCUT2D eigenvalue weighted by Crippen LogP contribution is 2.50. The SMILES string of the molecule is CCOc1cc(C2C3=C(CCCC3=O)N(Cc3ccccc3)C3=C2C(=O)CCC3)ccc1OCc1ccc(Cl)c(Cl)c1. The third kappa shape index (κ3) is 5.60. The van der Waals surface area contributed by atoms with Crippen LogP contribution in [0.2, 0.25) is 10.0 Å². The van der Waals surface area contributed by atoms with E-state index in [0.29, 0.717) is 47.5 Å². The highest BCUT2D eigenvalue weighted by Gasteiger charge is 2.43. The zero-order valence-electron chi connectivity index (χ0n) is 23.6. The third-order valence-electron chi connectivity index (χ3n) is 8.25. The van der Waals surface area contributed by atoms with E-state index in [-0.39, 0.29) is 18.2 Å². The second-order valence-electron chi connectivity index (χ2n) is 11.0. The molecule has 6 rings (SSSR count). The number of halogens is 2. The highest BCUT2D eigenvalue weighted by molar-refractivity contribution is 6.42. The van der Waals surface area contributed by atoms with E-state index in [1.165, 1.54) is 0 Å². The fourth-order valence-corrected chi connectivity index (χ4v) is 6.71. The molecule has 3 aliphatic rings. The van der Waals surface area contributed by atoms with Crippen LogP contribution in [0.15, 0.2) is 89.3 Å². The summed E-state index contributed by atoms with van der Waals surface area (Å²) >= 11 is 12.3. The van der Waals surface area contributed by atoms with E-state index in [9.17, 15) is 9.59 Å². The van der Waals surface area contributed by atoms with Crippen molar-refractivity contribution in [2.75, 3.05) is 6.61 Å². The maximum absolute atomic E-state index is 13.7. The van der Waals surface area contributed by atoms with Crippen LogP contribution in [0.5, 0.6) is 11.5 Å². The van der Waals surface area contributed by atoms with Gasteiger partial charge in [-0.05, 0) is 73.6 Å². The molecular formula is C35H33Cl2NO4. The molecule has 1 aliphatic heterocycles. The van der Waals surface area contributed by atoms with Gasteiger partial charge in [-0.1, -0.05) is 65.7 Å². The predicted molar refractivity (Wildman–Crippen MR) is 165 cm³/mol. The largest absolute Gasteiger partial charge is 0.490 e. The quantitative estimate of drug-likeness (QED) is 0.259. The van der Waals surface area contributed by atoms with E-state index in [4.69, 9.17) is 32.7 Å². The Morgan fingerprint density at radius 2 is 1.43 bits per heavy atom. The van der Waals surface area contributed by atoms with Crippen molar-refractivity contribution in [3.05, 3.63) is 116 Å². The average Bonchev–Trinajstić information content (AvgIpc) is 2.99. The van der Waals surface area contributed by atoms with Gasteiger partial charge in [-0.2, -0.15) is 0 Å². The van der Waals surface area contributed by atoms with Gasteiger partial charge >= 0.3 is 0 Å². The summed E-state index contributed by atoms with van der Waals surface area (Å²) in [6.07, 6.45) is 4.26. The Hall–Kier alpha value is -3.54. The minimum atomic E-state index is -0.411. The molecule has 0 saturated carbocycles. The fourth-order valence-electron chi connectivity index (χ4n) is 6.39. The second kappa shape index (κ2) is 12.4. The number of ketones is 2. The normalized spacial score (nSPS) is 17.4. The molecule has 0 saturated heterocycles. The molecule has 3 aromatic rings. The first-order chi connectivity index (χ1) is 20.4. The number of carbonyl (C=O) groups excluding carboxylic acids is 2. The topological polar surface area (TPSA) is 55.8 Å². The van der Waals surface area contributed by atoms with Crippen molar-refractivity contribution in [1.82, 2.24) is 4.90 Å². The van der Waals surface area contributed by atoms with Gasteiger partial charge in [0.2, 0.25) is 0 Å². The van der Waals surface area contributed by atoms with E-state index < -0.39 is 5.92 Å². The van der Waals surface area contributed by atoms with E-state index in [0.717, 1.165) is 64.9 Å². The molecule has 0 aromatic heterocycles. The molecule has 7 heteroatoms. The van der Waals surface area contributed by atoms with Crippen LogP contribution in [0.1, 0.15) is 68.1 Å². The van der Waals surface area contributed by atoms with E-state index in [1.54, 1.807) is 12.1 Å². The summed E-state index contributed by atoms with van der Waals surface area (Å²) in [5.41, 5.74) is 6.57. The van der Waals surface area contributed by atoms with E-state index in [2.05, 4.69) is 17.0 Å². The number of nitrogens with zero attached hydrogens (tertiary/aromatic N) is 1. The fraction of sp³-hybridized carbons (Fsp3) is 0.314. The van der Waals surface area contributed by atoms with Gasteiger partial charge in [0.05, 0.1) is 16.7 Å². The Labute approximate surface area is 256 Å². The summed E-state index contributed by atoms with van der Waals surface area (Å²) < 4.78 is 12.2. The van der Waals surface area contributed by atoms with Gasteiger partial charge in [-0.15, -0.1) is 0 Å². The molecule has 0 bridgehead atoms. The van der Waals surface area contributed by atoms with Crippen molar-refractivity contribution in [3.8, 4) is 11.5 Å². The Morgan fingerprint density at radius 1 is 0.738 bits per heavy atom. The Kier molecular flexibility index (Phi) is 8.41. The molecule has 0 amide bonds. The van der Waals surface area contributed by atoms with Gasteiger partial charge in [-0.25, -0.2) is 0 Å². The first-order valence-corrected chi connectivity index (χ1v) is 15.4. The molecule has 0 unspecified atom stereocenters. The number of hydrogen-bond acceptors (Lipinski definition) is 5. The summed E-state index contributed by atoms with van der Waals surface area (Å²) in [4.78, 5) is 29.7. The van der Waals surface area contributed by atoms with Gasteiger partial charge in [0.25, 0.3) is 0 Å². The van der Waals surface area contributed by atoms with Crippen LogP contribution in [0.25, 0.3) is 0 Å². The molecule has 0 fully saturated rings. The molecule has 0 N–H and O–H groups in total. The van der Waals surface area contributed by atoms with Crippen molar-refractivity contribution < 1.29 is 19.1 Å². The van der Waals surface area contributed by atoms with Gasteiger partial charge in [0, 0.05) is 47.8 Å². The smallest absolute Gasteiger partial charge is 0.161 e. The van der Waals surface area contributed by atoms with Crippen LogP contribution < -0.4 is 9.47 Å². The number of rotatable bonds is 8. The monoisotopic (exact) mass is 601 g/mol. The van der Waals surface area contributed by atoms with Crippen molar-refractivity contribution in [2.24, 2.45) is 0 Å². The van der Waals surface area contributed by atoms with Gasteiger partial charge < -0.3 is 14.4 Å². The molecule has 0 radical (unpaired) electrons. The molecule has 3 aromatic carbocycles. The van der Waals surface area contributed by atoms with Crippen LogP contribution >= 0.6 is 23.2 Å². The lowest BCUT2D eigenvalue weighted by Gasteiger charge is -2.44. The van der Waals surface area contributed by atoms with Crippen LogP contribution in [0, 0.1) is 0 Å². The van der Waals surface area contributed by atoms with Crippen molar-refractivity contribution >= 4 is 34.8 Å². The molecule has 42 heavy (non-hydrogen) atoms. The average molecular weight is 603 g/mol. The van der Waals surface area contributed by atoms with Crippen LogP contribution in [0.3, 0.4) is 0 Å². The van der Waals surface area contributed by atoms with Crippen molar-refractivity contribution in [1.29, 1.82) is 0 Å². The summed E-state index contributed by atoms with van der Waals surface area (Å²) in [5.74, 6) is 1.01. The van der Waals surface area contributed by atoms with Crippen LogP contribution in [0.4, 0.5) is 0 Å². The lowest BCUT2D eigenvalue weighted by Crippen LogP contribution is -2.38. The minimum absolute atomic E-state index is 0.127. The lowest BCUT2D eigenvalue weighted by atomic mass is 9.71. The minimum Gasteiger partial charge on any atom is -0.490 e. The molecule has 0 atom stereocenters. The van der Waals surface area contributed by atoms with Gasteiger partial charge in [0.15, 0.2) is 23.1 Å². The molecule has 5 nitrogen and oxygen atoms in total. The molecular weight excluding hydrogens is 569 g/mol. The van der Waals surface area contributed by atoms with Gasteiger partial charge in [0.1, 0.15) is 6.61 Å². The molecule has 0 spiro atoms. The maximum Gasteiger partial charge on any atom is 0.161 e. The zero-order chi connectivity index (χ0) is 29.2. The first-order valence-electron chi connectivity index (χ1n) is 14.6. The number of carbonyl (C=O) groups is 2. The molecule has 1 heterocycles. The summed E-state index contributed by atoms with van der Waals surface area (Å²) in [6.45, 7) is 3.31. The first kappa shape index (κ1) is 28.6. The Bertz CT molecular complexity index is 1550. The highest BCUT2D eigenvalue weighted by atomic mass is 35.5.